The summed E-state index contributed by atoms with van der Waals surface area (Å²) in [5, 5.41) is 9.24. The second-order valence-electron chi connectivity index (χ2n) is 5.10. The molecule has 0 bridgehead atoms. The molecule has 2 aromatic rings. The molecule has 1 unspecified atom stereocenters. The van der Waals surface area contributed by atoms with Crippen molar-refractivity contribution >= 4 is 5.97 Å². The van der Waals surface area contributed by atoms with Crippen molar-refractivity contribution < 1.29 is 9.90 Å². The topological polar surface area (TPSA) is 88.0 Å². The summed E-state index contributed by atoms with van der Waals surface area (Å²) in [6.07, 6.45) is 3.93. The summed E-state index contributed by atoms with van der Waals surface area (Å²) < 4.78 is 1.48. The van der Waals surface area contributed by atoms with Gasteiger partial charge in [0.1, 0.15) is 11.7 Å². The second kappa shape index (κ2) is 4.63. The molecule has 6 nitrogen and oxygen atoms in total. The molecule has 20 heavy (non-hydrogen) atoms. The number of hydrogen-bond donors (Lipinski definition) is 2. The summed E-state index contributed by atoms with van der Waals surface area (Å²) in [6.45, 7) is 0. The third kappa shape index (κ3) is 2.03. The van der Waals surface area contributed by atoms with E-state index in [-0.39, 0.29) is 5.56 Å². The molecule has 0 saturated carbocycles. The van der Waals surface area contributed by atoms with Crippen LogP contribution < -0.4 is 5.56 Å². The molecular formula is C14H15N3O3. The number of aromatic nitrogens is 3. The van der Waals surface area contributed by atoms with Crippen LogP contribution in [0.25, 0.3) is 11.4 Å². The Hall–Kier alpha value is -2.37. The molecule has 1 atom stereocenters. The molecule has 3 rings (SSSR count). The van der Waals surface area contributed by atoms with Crippen molar-refractivity contribution in [3.8, 4) is 11.4 Å². The lowest BCUT2D eigenvalue weighted by molar-refractivity contribution is -0.139. The van der Waals surface area contributed by atoms with E-state index in [1.54, 1.807) is 19.3 Å². The fourth-order valence-corrected chi connectivity index (χ4v) is 2.59. The van der Waals surface area contributed by atoms with E-state index in [0.717, 1.165) is 18.5 Å². The molecule has 0 radical (unpaired) electrons. The minimum absolute atomic E-state index is 0.119. The van der Waals surface area contributed by atoms with Gasteiger partial charge >= 0.3 is 5.97 Å². The van der Waals surface area contributed by atoms with E-state index in [9.17, 15) is 14.7 Å². The molecule has 2 aromatic heterocycles. The Bertz CT molecular complexity index is 730. The Kier molecular flexibility index (Phi) is 2.93. The zero-order valence-corrected chi connectivity index (χ0v) is 11.1. The number of imidazole rings is 1. The SMILES string of the molecule is Cn1ccc(-c2nc3c([nH]2)CCCC3C(=O)O)cc1=O. The third-order valence-corrected chi connectivity index (χ3v) is 3.74. The van der Waals surface area contributed by atoms with Crippen LogP contribution in [0.5, 0.6) is 0 Å². The predicted octanol–water partition coefficient (Wildman–Crippen LogP) is 1.28. The summed E-state index contributed by atoms with van der Waals surface area (Å²) in [6, 6.07) is 3.29. The van der Waals surface area contributed by atoms with Crippen molar-refractivity contribution in [1.29, 1.82) is 0 Å². The van der Waals surface area contributed by atoms with Crippen LogP contribution in [0.2, 0.25) is 0 Å². The van der Waals surface area contributed by atoms with E-state index < -0.39 is 11.9 Å². The first-order valence-corrected chi connectivity index (χ1v) is 6.55. The number of H-pyrrole nitrogens is 1. The van der Waals surface area contributed by atoms with Gasteiger partial charge in [-0.25, -0.2) is 4.98 Å². The first-order valence-electron chi connectivity index (χ1n) is 6.55. The number of nitrogens with zero attached hydrogens (tertiary/aromatic N) is 2. The smallest absolute Gasteiger partial charge is 0.312 e. The van der Waals surface area contributed by atoms with Gasteiger partial charge in [-0.1, -0.05) is 0 Å². The highest BCUT2D eigenvalue weighted by Gasteiger charge is 2.29. The van der Waals surface area contributed by atoms with Crippen LogP contribution in [0, 0.1) is 0 Å². The first kappa shape index (κ1) is 12.7. The normalized spacial score (nSPS) is 17.8. The van der Waals surface area contributed by atoms with Crippen LogP contribution in [0.15, 0.2) is 23.1 Å². The third-order valence-electron chi connectivity index (χ3n) is 3.74. The Morgan fingerprint density at radius 1 is 1.55 bits per heavy atom. The number of nitrogens with one attached hydrogen (secondary N) is 1. The van der Waals surface area contributed by atoms with Crippen LogP contribution in [-0.2, 0) is 18.3 Å². The maximum Gasteiger partial charge on any atom is 0.312 e. The highest BCUT2D eigenvalue weighted by atomic mass is 16.4. The van der Waals surface area contributed by atoms with Gasteiger partial charge in [0.05, 0.1) is 5.69 Å². The van der Waals surface area contributed by atoms with E-state index in [4.69, 9.17) is 0 Å². The Morgan fingerprint density at radius 3 is 3.05 bits per heavy atom. The van der Waals surface area contributed by atoms with Gasteiger partial charge in [-0.2, -0.15) is 0 Å². The number of aryl methyl sites for hydroxylation is 2. The molecule has 0 saturated heterocycles. The van der Waals surface area contributed by atoms with E-state index in [1.807, 2.05) is 0 Å². The first-order chi connectivity index (χ1) is 9.56. The fraction of sp³-hybridized carbons (Fsp3) is 0.357. The van der Waals surface area contributed by atoms with Gasteiger partial charge < -0.3 is 14.7 Å². The second-order valence-corrected chi connectivity index (χ2v) is 5.10. The molecule has 2 heterocycles. The maximum atomic E-state index is 11.7. The van der Waals surface area contributed by atoms with Crippen LogP contribution in [0.1, 0.15) is 30.1 Å². The molecule has 6 heteroatoms. The van der Waals surface area contributed by atoms with E-state index in [1.165, 1.54) is 10.6 Å². The largest absolute Gasteiger partial charge is 0.481 e. The summed E-state index contributed by atoms with van der Waals surface area (Å²) in [5.41, 5.74) is 2.05. The summed E-state index contributed by atoms with van der Waals surface area (Å²) >= 11 is 0. The van der Waals surface area contributed by atoms with Crippen molar-refractivity contribution in [3.05, 3.63) is 40.1 Å². The molecule has 1 aliphatic rings. The van der Waals surface area contributed by atoms with Crippen LogP contribution >= 0.6 is 0 Å². The quantitative estimate of drug-likeness (QED) is 0.862. The lowest BCUT2D eigenvalue weighted by atomic mass is 9.90. The van der Waals surface area contributed by atoms with Gasteiger partial charge in [0.25, 0.3) is 5.56 Å². The number of aliphatic carboxylic acids is 1. The van der Waals surface area contributed by atoms with Crippen molar-refractivity contribution in [2.24, 2.45) is 7.05 Å². The van der Waals surface area contributed by atoms with Gasteiger partial charge in [0.15, 0.2) is 0 Å². The summed E-state index contributed by atoms with van der Waals surface area (Å²) in [4.78, 5) is 30.5. The van der Waals surface area contributed by atoms with Gasteiger partial charge in [-0.15, -0.1) is 0 Å². The van der Waals surface area contributed by atoms with Gasteiger partial charge in [0.2, 0.25) is 0 Å². The molecule has 0 aromatic carbocycles. The number of carbonyl (C=O) groups is 1. The minimum Gasteiger partial charge on any atom is -0.481 e. The molecule has 0 aliphatic heterocycles. The molecule has 0 spiro atoms. The summed E-state index contributed by atoms with van der Waals surface area (Å²) in [7, 11) is 1.68. The number of fused-ring (bicyclic) bond motifs is 1. The van der Waals surface area contributed by atoms with Gasteiger partial charge in [-0.05, 0) is 25.3 Å². The average molecular weight is 273 g/mol. The van der Waals surface area contributed by atoms with Crippen molar-refractivity contribution in [2.75, 3.05) is 0 Å². The highest BCUT2D eigenvalue weighted by Crippen LogP contribution is 2.32. The Labute approximate surface area is 115 Å². The molecule has 1 aliphatic carbocycles. The van der Waals surface area contributed by atoms with Crippen molar-refractivity contribution in [2.45, 2.75) is 25.2 Å². The maximum absolute atomic E-state index is 11.7. The van der Waals surface area contributed by atoms with Gasteiger partial charge in [-0.3, -0.25) is 9.59 Å². The number of carboxylic acids is 1. The van der Waals surface area contributed by atoms with Crippen LogP contribution in [-0.4, -0.2) is 25.6 Å². The Balaban J connectivity index is 2.06. The van der Waals surface area contributed by atoms with Gasteiger partial charge in [0, 0.05) is 30.6 Å². The molecular weight excluding hydrogens is 258 g/mol. The molecule has 0 fully saturated rings. The Morgan fingerprint density at radius 2 is 2.35 bits per heavy atom. The average Bonchev–Trinajstić information content (AvgIpc) is 2.85. The van der Waals surface area contributed by atoms with E-state index >= 15 is 0 Å². The fourth-order valence-electron chi connectivity index (χ4n) is 2.59. The number of hydrogen-bond acceptors (Lipinski definition) is 3. The summed E-state index contributed by atoms with van der Waals surface area (Å²) in [5.74, 6) is -0.816. The zero-order chi connectivity index (χ0) is 14.3. The number of pyridine rings is 1. The number of rotatable bonds is 2. The van der Waals surface area contributed by atoms with Crippen molar-refractivity contribution in [3.63, 3.8) is 0 Å². The standard InChI is InChI=1S/C14H15N3O3/c1-17-6-5-8(7-11(17)18)13-15-10-4-2-3-9(14(19)20)12(10)16-13/h5-7,9H,2-4H2,1H3,(H,15,16)(H,19,20). The lowest BCUT2D eigenvalue weighted by Crippen LogP contribution is -2.17. The van der Waals surface area contributed by atoms with Crippen LogP contribution in [0.4, 0.5) is 0 Å². The van der Waals surface area contributed by atoms with Crippen LogP contribution in [0.3, 0.4) is 0 Å². The zero-order valence-electron chi connectivity index (χ0n) is 11.1. The number of carboxylic acid groups (broad SMARTS) is 1. The van der Waals surface area contributed by atoms with E-state index in [0.29, 0.717) is 23.5 Å². The van der Waals surface area contributed by atoms with E-state index in [2.05, 4.69) is 9.97 Å². The lowest BCUT2D eigenvalue weighted by Gasteiger charge is -2.16. The predicted molar refractivity (Wildman–Crippen MR) is 72.6 cm³/mol. The molecule has 0 amide bonds. The highest BCUT2D eigenvalue weighted by molar-refractivity contribution is 5.76. The number of aromatic amines is 1. The molecule has 104 valence electrons. The monoisotopic (exact) mass is 273 g/mol. The van der Waals surface area contributed by atoms with Crippen molar-refractivity contribution in [1.82, 2.24) is 14.5 Å². The minimum atomic E-state index is -0.840. The molecule has 2 N–H and O–H groups in total.